The fourth-order valence-electron chi connectivity index (χ4n) is 1.85. The normalized spacial score (nSPS) is 15.9. The molecule has 1 unspecified atom stereocenters. The minimum atomic E-state index is 0.0980. The van der Waals surface area contributed by atoms with E-state index in [4.69, 9.17) is 9.47 Å². The molecule has 16 heavy (non-hydrogen) atoms. The lowest BCUT2D eigenvalue weighted by Gasteiger charge is -2.21. The van der Waals surface area contributed by atoms with E-state index in [0.717, 1.165) is 23.6 Å². The SMILES string of the molecule is CNCC(CO)c1ccc2c(c1)OCCO2. The molecular formula is C12H17NO3. The quantitative estimate of drug-likeness (QED) is 0.791. The van der Waals surface area contributed by atoms with Gasteiger partial charge in [-0.3, -0.25) is 0 Å². The summed E-state index contributed by atoms with van der Waals surface area (Å²) in [4.78, 5) is 0. The van der Waals surface area contributed by atoms with Crippen LogP contribution < -0.4 is 14.8 Å². The Morgan fingerprint density at radius 3 is 2.75 bits per heavy atom. The number of aliphatic hydroxyl groups is 1. The number of likely N-dealkylation sites (N-methyl/N-ethyl adjacent to an activating group) is 1. The maximum absolute atomic E-state index is 9.30. The van der Waals surface area contributed by atoms with Crippen LogP contribution in [0.25, 0.3) is 0 Å². The van der Waals surface area contributed by atoms with Crippen molar-refractivity contribution in [2.75, 3.05) is 33.4 Å². The second-order valence-electron chi connectivity index (χ2n) is 3.84. The maximum Gasteiger partial charge on any atom is 0.161 e. The van der Waals surface area contributed by atoms with Crippen molar-refractivity contribution in [3.63, 3.8) is 0 Å². The second kappa shape index (κ2) is 5.18. The van der Waals surface area contributed by atoms with Crippen molar-refractivity contribution in [3.05, 3.63) is 23.8 Å². The van der Waals surface area contributed by atoms with Gasteiger partial charge in [-0.25, -0.2) is 0 Å². The summed E-state index contributed by atoms with van der Waals surface area (Å²) in [6.07, 6.45) is 0. The van der Waals surface area contributed by atoms with Crippen LogP contribution in [0, 0.1) is 0 Å². The molecule has 1 atom stereocenters. The first-order valence-corrected chi connectivity index (χ1v) is 5.50. The molecule has 0 aromatic heterocycles. The van der Waals surface area contributed by atoms with Gasteiger partial charge >= 0.3 is 0 Å². The Morgan fingerprint density at radius 2 is 2.06 bits per heavy atom. The molecule has 0 radical (unpaired) electrons. The molecule has 0 aliphatic carbocycles. The van der Waals surface area contributed by atoms with Crippen LogP contribution in [0.3, 0.4) is 0 Å². The third kappa shape index (κ3) is 2.28. The van der Waals surface area contributed by atoms with E-state index in [-0.39, 0.29) is 12.5 Å². The molecule has 0 fully saturated rings. The molecule has 4 nitrogen and oxygen atoms in total. The fourth-order valence-corrected chi connectivity index (χ4v) is 1.85. The van der Waals surface area contributed by atoms with E-state index in [9.17, 15) is 5.11 Å². The number of aliphatic hydroxyl groups excluding tert-OH is 1. The Balaban J connectivity index is 2.21. The van der Waals surface area contributed by atoms with Gasteiger partial charge in [0.15, 0.2) is 11.5 Å². The van der Waals surface area contributed by atoms with Gasteiger partial charge in [-0.15, -0.1) is 0 Å². The topological polar surface area (TPSA) is 50.7 Å². The highest BCUT2D eigenvalue weighted by Gasteiger charge is 2.15. The van der Waals surface area contributed by atoms with Gasteiger partial charge < -0.3 is 19.9 Å². The molecule has 2 N–H and O–H groups in total. The van der Waals surface area contributed by atoms with E-state index < -0.39 is 0 Å². The first-order chi connectivity index (χ1) is 7.85. The van der Waals surface area contributed by atoms with Crippen molar-refractivity contribution < 1.29 is 14.6 Å². The van der Waals surface area contributed by atoms with Crippen molar-refractivity contribution >= 4 is 0 Å². The summed E-state index contributed by atoms with van der Waals surface area (Å²) in [5.41, 5.74) is 1.07. The van der Waals surface area contributed by atoms with Gasteiger partial charge in [-0.05, 0) is 24.7 Å². The third-order valence-electron chi connectivity index (χ3n) is 2.71. The summed E-state index contributed by atoms with van der Waals surface area (Å²) in [7, 11) is 1.88. The van der Waals surface area contributed by atoms with Crippen LogP contribution in [0.5, 0.6) is 11.5 Å². The smallest absolute Gasteiger partial charge is 0.161 e. The predicted octanol–water partition coefficient (Wildman–Crippen LogP) is 0.753. The molecule has 88 valence electrons. The Bertz CT molecular complexity index is 354. The Labute approximate surface area is 95.2 Å². The van der Waals surface area contributed by atoms with Crippen LogP contribution in [0.4, 0.5) is 0 Å². The third-order valence-corrected chi connectivity index (χ3v) is 2.71. The van der Waals surface area contributed by atoms with Crippen molar-refractivity contribution in [2.45, 2.75) is 5.92 Å². The lowest BCUT2D eigenvalue weighted by Crippen LogP contribution is -2.21. The number of hydrogen-bond acceptors (Lipinski definition) is 4. The van der Waals surface area contributed by atoms with Crippen molar-refractivity contribution in [1.29, 1.82) is 0 Å². The van der Waals surface area contributed by atoms with Crippen LogP contribution in [-0.4, -0.2) is 38.5 Å². The van der Waals surface area contributed by atoms with E-state index in [2.05, 4.69) is 5.32 Å². The number of rotatable bonds is 4. The van der Waals surface area contributed by atoms with Crippen LogP contribution in [0.1, 0.15) is 11.5 Å². The predicted molar refractivity (Wildman–Crippen MR) is 61.2 cm³/mol. The molecule has 0 saturated carbocycles. The van der Waals surface area contributed by atoms with Gasteiger partial charge in [0, 0.05) is 12.5 Å². The average Bonchev–Trinajstić information content (AvgIpc) is 2.35. The van der Waals surface area contributed by atoms with Gasteiger partial charge in [0.1, 0.15) is 13.2 Å². The Kier molecular flexibility index (Phi) is 3.64. The number of benzene rings is 1. The lowest BCUT2D eigenvalue weighted by molar-refractivity contribution is 0.171. The zero-order valence-electron chi connectivity index (χ0n) is 9.40. The van der Waals surface area contributed by atoms with Gasteiger partial charge in [0.05, 0.1) is 6.61 Å². The molecular weight excluding hydrogens is 206 g/mol. The summed E-state index contributed by atoms with van der Waals surface area (Å²) in [6.45, 7) is 2.06. The zero-order chi connectivity index (χ0) is 11.4. The zero-order valence-corrected chi connectivity index (χ0v) is 9.40. The minimum Gasteiger partial charge on any atom is -0.486 e. The maximum atomic E-state index is 9.30. The molecule has 0 amide bonds. The minimum absolute atomic E-state index is 0.0980. The van der Waals surface area contributed by atoms with E-state index >= 15 is 0 Å². The molecule has 0 bridgehead atoms. The second-order valence-corrected chi connectivity index (χ2v) is 3.84. The van der Waals surface area contributed by atoms with Crippen molar-refractivity contribution in [1.82, 2.24) is 5.32 Å². The Hall–Kier alpha value is -1.26. The van der Waals surface area contributed by atoms with Gasteiger partial charge in [0.25, 0.3) is 0 Å². The van der Waals surface area contributed by atoms with E-state index in [1.165, 1.54) is 0 Å². The molecule has 1 aliphatic rings. The molecule has 1 heterocycles. The summed E-state index contributed by atoms with van der Waals surface area (Å²) in [5.74, 6) is 1.66. The van der Waals surface area contributed by atoms with Crippen LogP contribution in [0.15, 0.2) is 18.2 Å². The van der Waals surface area contributed by atoms with Crippen LogP contribution >= 0.6 is 0 Å². The summed E-state index contributed by atoms with van der Waals surface area (Å²) >= 11 is 0. The number of nitrogens with one attached hydrogen (secondary N) is 1. The standard InChI is InChI=1S/C12H17NO3/c1-13-7-10(8-14)9-2-3-11-12(6-9)16-5-4-15-11/h2-3,6,10,13-14H,4-5,7-8H2,1H3. The highest BCUT2D eigenvalue weighted by Crippen LogP contribution is 2.32. The van der Waals surface area contributed by atoms with E-state index in [1.54, 1.807) is 0 Å². The van der Waals surface area contributed by atoms with Crippen molar-refractivity contribution in [2.24, 2.45) is 0 Å². The number of ether oxygens (including phenoxy) is 2. The highest BCUT2D eigenvalue weighted by molar-refractivity contribution is 5.44. The Morgan fingerprint density at radius 1 is 1.31 bits per heavy atom. The number of fused-ring (bicyclic) bond motifs is 1. The number of hydrogen-bond donors (Lipinski definition) is 2. The molecule has 0 saturated heterocycles. The van der Waals surface area contributed by atoms with Gasteiger partial charge in [0.2, 0.25) is 0 Å². The highest BCUT2D eigenvalue weighted by atomic mass is 16.6. The summed E-state index contributed by atoms with van der Waals surface area (Å²) < 4.78 is 11.0. The molecule has 4 heteroatoms. The van der Waals surface area contributed by atoms with Gasteiger partial charge in [-0.2, -0.15) is 0 Å². The monoisotopic (exact) mass is 223 g/mol. The molecule has 0 spiro atoms. The van der Waals surface area contributed by atoms with Gasteiger partial charge in [-0.1, -0.05) is 6.07 Å². The van der Waals surface area contributed by atoms with E-state index in [0.29, 0.717) is 13.2 Å². The van der Waals surface area contributed by atoms with Crippen LogP contribution in [0.2, 0.25) is 0 Å². The lowest BCUT2D eigenvalue weighted by atomic mass is 9.99. The first kappa shape index (κ1) is 11.2. The molecule has 1 aliphatic heterocycles. The van der Waals surface area contributed by atoms with E-state index in [1.807, 2.05) is 25.2 Å². The largest absolute Gasteiger partial charge is 0.486 e. The molecule has 1 aromatic carbocycles. The summed E-state index contributed by atoms with van der Waals surface area (Å²) in [5, 5.41) is 12.4. The van der Waals surface area contributed by atoms with Crippen molar-refractivity contribution in [3.8, 4) is 11.5 Å². The first-order valence-electron chi connectivity index (χ1n) is 5.50. The summed E-state index contributed by atoms with van der Waals surface area (Å²) in [6, 6.07) is 5.83. The fraction of sp³-hybridized carbons (Fsp3) is 0.500. The van der Waals surface area contributed by atoms with Crippen LogP contribution in [-0.2, 0) is 0 Å². The molecule has 1 aromatic rings. The average molecular weight is 223 g/mol. The molecule has 2 rings (SSSR count).